The van der Waals surface area contributed by atoms with Crippen LogP contribution < -0.4 is 15.2 Å². The van der Waals surface area contributed by atoms with Gasteiger partial charge in [-0.15, -0.1) is 0 Å². The number of nitrogens with one attached hydrogen (secondary N) is 1. The summed E-state index contributed by atoms with van der Waals surface area (Å²) in [5, 5.41) is 13.3. The Morgan fingerprint density at radius 2 is 1.96 bits per heavy atom. The number of anilines is 1. The maximum absolute atomic E-state index is 11.2. The van der Waals surface area contributed by atoms with Crippen molar-refractivity contribution < 1.29 is 9.66 Å². The van der Waals surface area contributed by atoms with Gasteiger partial charge in [0.25, 0.3) is 5.69 Å². The molecule has 1 aliphatic rings. The lowest BCUT2D eigenvalue weighted by Gasteiger charge is -2.23. The predicted octanol–water partition coefficient (Wildman–Crippen LogP) is 4.41. The summed E-state index contributed by atoms with van der Waals surface area (Å²) < 4.78 is 5.90. The van der Waals surface area contributed by atoms with Crippen molar-refractivity contribution in [1.29, 1.82) is 0 Å². The number of ether oxygens (including phenoxy) is 1. The molecule has 6 nitrogen and oxygen atoms in total. The van der Waals surface area contributed by atoms with Gasteiger partial charge in [0.15, 0.2) is 0 Å². The minimum absolute atomic E-state index is 0.0929. The van der Waals surface area contributed by atoms with Gasteiger partial charge in [0.05, 0.1) is 16.2 Å². The molecule has 2 aromatic carbocycles. The third-order valence-electron chi connectivity index (χ3n) is 4.55. The highest BCUT2D eigenvalue weighted by Crippen LogP contribution is 2.29. The van der Waals surface area contributed by atoms with Gasteiger partial charge in [-0.05, 0) is 63.1 Å². The number of hydrogen-bond donors (Lipinski definition) is 1. The molecule has 1 heterocycles. The fourth-order valence-corrected chi connectivity index (χ4v) is 3.19. The normalized spacial score (nSPS) is 16.5. The van der Waals surface area contributed by atoms with Crippen LogP contribution in [0.4, 0.5) is 11.4 Å². The molecule has 0 saturated carbocycles. The molecule has 0 amide bonds. The Bertz CT molecular complexity index is 877. The van der Waals surface area contributed by atoms with Gasteiger partial charge >= 0.3 is 0 Å². The number of hydrazine groups is 1. The van der Waals surface area contributed by atoms with E-state index in [0.717, 1.165) is 28.3 Å². The van der Waals surface area contributed by atoms with Crippen LogP contribution in [-0.2, 0) is 6.61 Å². The Kier molecular flexibility index (Phi) is 4.95. The predicted molar refractivity (Wildman–Crippen MR) is 102 cm³/mol. The van der Waals surface area contributed by atoms with E-state index in [9.17, 15) is 10.1 Å². The van der Waals surface area contributed by atoms with Crippen molar-refractivity contribution in [1.82, 2.24) is 5.43 Å². The van der Waals surface area contributed by atoms with Gasteiger partial charge in [0.1, 0.15) is 12.4 Å². The van der Waals surface area contributed by atoms with Crippen LogP contribution in [0.15, 0.2) is 48.2 Å². The first-order valence-corrected chi connectivity index (χ1v) is 8.58. The molecule has 1 N–H and O–H groups in total. The van der Waals surface area contributed by atoms with Gasteiger partial charge in [-0.1, -0.05) is 12.1 Å². The largest absolute Gasteiger partial charge is 0.488 e. The average Bonchev–Trinajstić information content (AvgIpc) is 2.92. The topological polar surface area (TPSA) is 67.6 Å². The first-order valence-electron chi connectivity index (χ1n) is 8.58. The first kappa shape index (κ1) is 17.9. The highest BCUT2D eigenvalue weighted by Gasteiger charge is 2.19. The van der Waals surface area contributed by atoms with Crippen LogP contribution in [0, 0.1) is 24.0 Å². The number of aryl methyl sites for hydroxylation is 2. The summed E-state index contributed by atoms with van der Waals surface area (Å²) >= 11 is 0. The molecule has 1 aliphatic heterocycles. The number of rotatable bonds is 5. The molecule has 1 unspecified atom stereocenters. The molecule has 0 aromatic heterocycles. The highest BCUT2D eigenvalue weighted by atomic mass is 16.6. The Balaban J connectivity index is 1.78. The van der Waals surface area contributed by atoms with Crippen molar-refractivity contribution in [3.63, 3.8) is 0 Å². The monoisotopic (exact) mass is 353 g/mol. The van der Waals surface area contributed by atoms with Crippen molar-refractivity contribution in [2.75, 3.05) is 5.01 Å². The Morgan fingerprint density at radius 1 is 1.19 bits per heavy atom. The SMILES string of the molecule is CC1=CC(C)NN1c1ccc(OCc2c(C)cccc2[N+](=O)[O-])c(C)c1. The molecule has 1 atom stereocenters. The standard InChI is InChI=1S/C20H23N3O3/c1-13-6-5-7-19(23(24)25)18(13)12-26-20-9-8-17(10-14(20)2)22-16(4)11-15(3)21-22/h5-11,15,21H,12H2,1-4H3. The van der Waals surface area contributed by atoms with Crippen LogP contribution in [0.5, 0.6) is 5.75 Å². The second-order valence-electron chi connectivity index (χ2n) is 6.63. The number of hydrogen-bond acceptors (Lipinski definition) is 5. The van der Waals surface area contributed by atoms with Crippen LogP contribution in [0.3, 0.4) is 0 Å². The zero-order valence-electron chi connectivity index (χ0n) is 15.4. The zero-order valence-corrected chi connectivity index (χ0v) is 15.4. The van der Waals surface area contributed by atoms with E-state index in [0.29, 0.717) is 11.6 Å². The third-order valence-corrected chi connectivity index (χ3v) is 4.55. The van der Waals surface area contributed by atoms with Gasteiger partial charge in [0, 0.05) is 17.8 Å². The second kappa shape index (κ2) is 7.17. The van der Waals surface area contributed by atoms with Crippen molar-refractivity contribution >= 4 is 11.4 Å². The number of nitro groups is 1. The fourth-order valence-electron chi connectivity index (χ4n) is 3.19. The quantitative estimate of drug-likeness (QED) is 0.637. The molecule has 6 heteroatoms. The summed E-state index contributed by atoms with van der Waals surface area (Å²) in [5.74, 6) is 0.722. The molecule has 0 radical (unpaired) electrons. The lowest BCUT2D eigenvalue weighted by molar-refractivity contribution is -0.385. The van der Waals surface area contributed by atoms with E-state index in [2.05, 4.69) is 25.3 Å². The first-order chi connectivity index (χ1) is 12.4. The van der Waals surface area contributed by atoms with E-state index < -0.39 is 0 Å². The maximum Gasteiger partial charge on any atom is 0.276 e. The van der Waals surface area contributed by atoms with Gasteiger partial charge in [-0.25, -0.2) is 5.43 Å². The molecule has 136 valence electrons. The van der Waals surface area contributed by atoms with Gasteiger partial charge in [-0.3, -0.25) is 15.1 Å². The van der Waals surface area contributed by atoms with Crippen LogP contribution >= 0.6 is 0 Å². The van der Waals surface area contributed by atoms with Crippen molar-refractivity contribution in [3.05, 3.63) is 75.0 Å². The van der Waals surface area contributed by atoms with E-state index in [4.69, 9.17) is 4.74 Å². The van der Waals surface area contributed by atoms with E-state index in [-0.39, 0.29) is 17.2 Å². The summed E-state index contributed by atoms with van der Waals surface area (Å²) in [4.78, 5) is 10.9. The molecule has 0 fully saturated rings. The summed E-state index contributed by atoms with van der Waals surface area (Å²) in [6.07, 6.45) is 2.16. The number of benzene rings is 2. The van der Waals surface area contributed by atoms with Gasteiger partial charge in [0.2, 0.25) is 0 Å². The molecular weight excluding hydrogens is 330 g/mol. The van der Waals surface area contributed by atoms with E-state index in [1.807, 2.05) is 43.1 Å². The van der Waals surface area contributed by atoms with Crippen LogP contribution in [0.25, 0.3) is 0 Å². The smallest absolute Gasteiger partial charge is 0.276 e. The lowest BCUT2D eigenvalue weighted by Crippen LogP contribution is -2.35. The number of allylic oxidation sites excluding steroid dienone is 1. The minimum atomic E-state index is -0.364. The van der Waals surface area contributed by atoms with Crippen LogP contribution in [0.1, 0.15) is 30.5 Å². The van der Waals surface area contributed by atoms with Crippen LogP contribution in [0.2, 0.25) is 0 Å². The maximum atomic E-state index is 11.2. The summed E-state index contributed by atoms with van der Waals surface area (Å²) in [7, 11) is 0. The van der Waals surface area contributed by atoms with E-state index in [1.165, 1.54) is 6.07 Å². The molecule has 3 rings (SSSR count). The number of nitrogens with zero attached hydrogens (tertiary/aromatic N) is 2. The van der Waals surface area contributed by atoms with E-state index in [1.54, 1.807) is 6.07 Å². The zero-order chi connectivity index (χ0) is 18.8. The molecular formula is C20H23N3O3. The molecule has 0 saturated heterocycles. The Labute approximate surface area is 153 Å². The summed E-state index contributed by atoms with van der Waals surface area (Å²) in [5.41, 5.74) is 8.10. The minimum Gasteiger partial charge on any atom is -0.488 e. The Hall–Kier alpha value is -2.86. The molecule has 0 spiro atoms. The fraction of sp³-hybridized carbons (Fsp3) is 0.300. The molecule has 0 bridgehead atoms. The van der Waals surface area contributed by atoms with Crippen molar-refractivity contribution in [3.8, 4) is 5.75 Å². The second-order valence-corrected chi connectivity index (χ2v) is 6.63. The summed E-state index contributed by atoms with van der Waals surface area (Å²) in [6.45, 7) is 8.16. The average molecular weight is 353 g/mol. The van der Waals surface area contributed by atoms with E-state index >= 15 is 0 Å². The van der Waals surface area contributed by atoms with Crippen molar-refractivity contribution in [2.45, 2.75) is 40.3 Å². The molecule has 0 aliphatic carbocycles. The van der Waals surface area contributed by atoms with Gasteiger partial charge < -0.3 is 4.74 Å². The summed E-state index contributed by atoms with van der Waals surface area (Å²) in [6, 6.07) is 11.3. The highest BCUT2D eigenvalue weighted by molar-refractivity contribution is 5.57. The Morgan fingerprint density at radius 3 is 2.58 bits per heavy atom. The molecule has 26 heavy (non-hydrogen) atoms. The van der Waals surface area contributed by atoms with Crippen LogP contribution in [-0.4, -0.2) is 11.0 Å². The molecule has 2 aromatic rings. The van der Waals surface area contributed by atoms with Gasteiger partial charge in [-0.2, -0.15) is 0 Å². The third kappa shape index (κ3) is 3.55. The number of nitro benzene ring substituents is 1. The lowest BCUT2D eigenvalue weighted by atomic mass is 10.1. The van der Waals surface area contributed by atoms with Crippen molar-refractivity contribution in [2.24, 2.45) is 0 Å².